The smallest absolute Gasteiger partial charge is 0.301 e. The molecule has 3 aromatic rings. The lowest BCUT2D eigenvalue weighted by Gasteiger charge is -2.23. The zero-order valence-electron chi connectivity index (χ0n) is 17.8. The zero-order chi connectivity index (χ0) is 23.0. The minimum Gasteiger partial charge on any atom is -0.507 e. The molecule has 2 heterocycles. The van der Waals surface area contributed by atoms with Gasteiger partial charge in [-0.2, -0.15) is 0 Å². The van der Waals surface area contributed by atoms with E-state index in [4.69, 9.17) is 4.74 Å². The molecule has 0 spiro atoms. The SMILES string of the molecule is CCOc1ccc([C@H]2C(=C(O)c3ccc(F)cc3)C(=O)C(=O)N2c2nc(C)c(C)s2)cc1. The van der Waals surface area contributed by atoms with Crippen LogP contribution in [0.15, 0.2) is 54.1 Å². The van der Waals surface area contributed by atoms with E-state index in [1.807, 2.05) is 20.8 Å². The molecule has 1 aliphatic rings. The number of aliphatic hydroxyl groups excluding tert-OH is 1. The summed E-state index contributed by atoms with van der Waals surface area (Å²) in [6, 6.07) is 11.2. The Kier molecular flexibility index (Phi) is 5.80. The molecule has 2 aromatic carbocycles. The van der Waals surface area contributed by atoms with E-state index in [1.165, 1.54) is 40.5 Å². The van der Waals surface area contributed by atoms with Gasteiger partial charge in [0.15, 0.2) is 5.13 Å². The summed E-state index contributed by atoms with van der Waals surface area (Å²) >= 11 is 1.30. The Morgan fingerprint density at radius 1 is 1.12 bits per heavy atom. The van der Waals surface area contributed by atoms with Gasteiger partial charge in [0.1, 0.15) is 17.3 Å². The summed E-state index contributed by atoms with van der Waals surface area (Å²) in [5, 5.41) is 11.4. The normalized spacial score (nSPS) is 17.8. The average Bonchev–Trinajstić information content (AvgIpc) is 3.24. The lowest BCUT2D eigenvalue weighted by atomic mass is 9.95. The van der Waals surface area contributed by atoms with Crippen LogP contribution in [0.25, 0.3) is 5.76 Å². The standard InChI is InChI=1S/C24H21FN2O4S/c1-4-31-18-11-7-15(8-12-18)20-19(21(28)16-5-9-17(25)10-6-16)22(29)23(30)27(20)24-26-13(2)14(3)32-24/h5-12,20,28H,4H2,1-3H3/t20-/m0/s1. The number of Topliss-reactive ketones (excluding diaryl/α,β-unsaturated/α-hetero) is 1. The van der Waals surface area contributed by atoms with Crippen molar-refractivity contribution in [2.75, 3.05) is 11.5 Å². The summed E-state index contributed by atoms with van der Waals surface area (Å²) in [6.07, 6.45) is 0. The Morgan fingerprint density at radius 3 is 2.34 bits per heavy atom. The summed E-state index contributed by atoms with van der Waals surface area (Å²) in [5.41, 5.74) is 1.54. The second-order valence-corrected chi connectivity index (χ2v) is 8.50. The van der Waals surface area contributed by atoms with Gasteiger partial charge in [0.05, 0.1) is 23.9 Å². The van der Waals surface area contributed by atoms with E-state index in [1.54, 1.807) is 24.3 Å². The molecular weight excluding hydrogens is 431 g/mol. The number of aryl methyl sites for hydroxylation is 2. The van der Waals surface area contributed by atoms with E-state index in [-0.39, 0.29) is 16.9 Å². The molecule has 4 rings (SSSR count). The van der Waals surface area contributed by atoms with Crippen LogP contribution in [0.3, 0.4) is 0 Å². The highest BCUT2D eigenvalue weighted by molar-refractivity contribution is 7.16. The van der Waals surface area contributed by atoms with Crippen LogP contribution in [0.4, 0.5) is 9.52 Å². The van der Waals surface area contributed by atoms with Crippen LogP contribution in [0, 0.1) is 19.7 Å². The fourth-order valence-electron chi connectivity index (χ4n) is 3.58. The van der Waals surface area contributed by atoms with Gasteiger partial charge in [-0.15, -0.1) is 11.3 Å². The van der Waals surface area contributed by atoms with Gasteiger partial charge in [-0.05, 0) is 62.7 Å². The molecule has 1 fully saturated rings. The van der Waals surface area contributed by atoms with Crippen molar-refractivity contribution in [2.45, 2.75) is 26.8 Å². The number of thiazole rings is 1. The number of rotatable bonds is 5. The van der Waals surface area contributed by atoms with Gasteiger partial charge >= 0.3 is 5.91 Å². The van der Waals surface area contributed by atoms with Gasteiger partial charge in [-0.1, -0.05) is 12.1 Å². The first-order chi connectivity index (χ1) is 15.3. The number of hydrogen-bond acceptors (Lipinski definition) is 6. The summed E-state index contributed by atoms with van der Waals surface area (Å²) in [6.45, 7) is 6.09. The molecule has 0 radical (unpaired) electrons. The maximum Gasteiger partial charge on any atom is 0.301 e. The van der Waals surface area contributed by atoms with Gasteiger partial charge < -0.3 is 9.84 Å². The number of anilines is 1. The molecule has 32 heavy (non-hydrogen) atoms. The molecule has 0 aliphatic carbocycles. The van der Waals surface area contributed by atoms with Crippen molar-refractivity contribution in [1.82, 2.24) is 4.98 Å². The quantitative estimate of drug-likeness (QED) is 0.338. The number of ketones is 1. The molecule has 164 valence electrons. The highest BCUT2D eigenvalue weighted by atomic mass is 32.1. The number of ether oxygens (including phenoxy) is 1. The molecule has 1 atom stereocenters. The minimum absolute atomic E-state index is 0.0729. The van der Waals surface area contributed by atoms with Crippen LogP contribution in [0.1, 0.15) is 34.7 Å². The number of amides is 1. The maximum atomic E-state index is 13.4. The molecule has 0 bridgehead atoms. The number of carbonyl (C=O) groups excluding carboxylic acids is 2. The topological polar surface area (TPSA) is 79.7 Å². The summed E-state index contributed by atoms with van der Waals surface area (Å²) in [5.74, 6) is -1.79. The van der Waals surface area contributed by atoms with E-state index in [0.29, 0.717) is 23.1 Å². The molecule has 6 nitrogen and oxygen atoms in total. The number of hydrogen-bond donors (Lipinski definition) is 1. The van der Waals surface area contributed by atoms with Crippen LogP contribution in [-0.2, 0) is 9.59 Å². The number of halogens is 1. The van der Waals surface area contributed by atoms with Crippen molar-refractivity contribution < 1.29 is 23.8 Å². The molecule has 8 heteroatoms. The first-order valence-electron chi connectivity index (χ1n) is 10.1. The Morgan fingerprint density at radius 2 is 1.78 bits per heavy atom. The number of aliphatic hydroxyl groups is 1. The Bertz CT molecular complexity index is 1200. The van der Waals surface area contributed by atoms with Crippen molar-refractivity contribution in [3.63, 3.8) is 0 Å². The Hall–Kier alpha value is -3.52. The predicted molar refractivity (Wildman–Crippen MR) is 120 cm³/mol. The van der Waals surface area contributed by atoms with Gasteiger partial charge in [0.2, 0.25) is 0 Å². The molecule has 1 amide bonds. The highest BCUT2D eigenvalue weighted by Crippen LogP contribution is 2.44. The molecule has 1 N–H and O–H groups in total. The van der Waals surface area contributed by atoms with Crippen molar-refractivity contribution in [3.8, 4) is 5.75 Å². The average molecular weight is 453 g/mol. The van der Waals surface area contributed by atoms with Crippen molar-refractivity contribution in [1.29, 1.82) is 0 Å². The zero-order valence-corrected chi connectivity index (χ0v) is 18.6. The van der Waals surface area contributed by atoms with E-state index in [0.717, 1.165) is 10.6 Å². The first-order valence-corrected chi connectivity index (χ1v) is 10.9. The van der Waals surface area contributed by atoms with Gasteiger partial charge in [0, 0.05) is 10.4 Å². The van der Waals surface area contributed by atoms with Gasteiger partial charge in [-0.3, -0.25) is 14.5 Å². The van der Waals surface area contributed by atoms with E-state index >= 15 is 0 Å². The fraction of sp³-hybridized carbons (Fsp3) is 0.208. The van der Waals surface area contributed by atoms with Crippen LogP contribution in [0.5, 0.6) is 5.75 Å². The third kappa shape index (κ3) is 3.78. The largest absolute Gasteiger partial charge is 0.507 e. The minimum atomic E-state index is -0.888. The number of benzene rings is 2. The monoisotopic (exact) mass is 452 g/mol. The van der Waals surface area contributed by atoms with Gasteiger partial charge in [0.25, 0.3) is 5.78 Å². The number of nitrogens with zero attached hydrogens (tertiary/aromatic N) is 2. The van der Waals surface area contributed by atoms with E-state index in [2.05, 4.69) is 4.98 Å². The maximum absolute atomic E-state index is 13.4. The summed E-state index contributed by atoms with van der Waals surface area (Å²) in [4.78, 5) is 32.9. The van der Waals surface area contributed by atoms with E-state index < -0.39 is 23.5 Å². The highest BCUT2D eigenvalue weighted by Gasteiger charge is 2.48. The Balaban J connectivity index is 1.90. The first kappa shape index (κ1) is 21.7. The van der Waals surface area contributed by atoms with Crippen LogP contribution in [-0.4, -0.2) is 28.4 Å². The third-order valence-electron chi connectivity index (χ3n) is 5.29. The second kappa shape index (κ2) is 8.55. The van der Waals surface area contributed by atoms with Gasteiger partial charge in [-0.25, -0.2) is 9.37 Å². The molecule has 1 aliphatic heterocycles. The third-order valence-corrected chi connectivity index (χ3v) is 6.36. The predicted octanol–water partition coefficient (Wildman–Crippen LogP) is 4.92. The molecule has 1 aromatic heterocycles. The fourth-order valence-corrected chi connectivity index (χ4v) is 4.52. The Labute approximate surface area is 188 Å². The summed E-state index contributed by atoms with van der Waals surface area (Å²) < 4.78 is 18.9. The number of aromatic nitrogens is 1. The van der Waals surface area contributed by atoms with Crippen LogP contribution < -0.4 is 9.64 Å². The summed E-state index contributed by atoms with van der Waals surface area (Å²) in [7, 11) is 0. The molecular formula is C24H21FN2O4S. The lowest BCUT2D eigenvalue weighted by molar-refractivity contribution is -0.132. The van der Waals surface area contributed by atoms with Crippen LogP contribution >= 0.6 is 11.3 Å². The van der Waals surface area contributed by atoms with E-state index in [9.17, 15) is 19.1 Å². The molecule has 1 saturated heterocycles. The van der Waals surface area contributed by atoms with Crippen molar-refractivity contribution in [2.24, 2.45) is 0 Å². The van der Waals surface area contributed by atoms with Crippen molar-refractivity contribution in [3.05, 3.63) is 81.6 Å². The van der Waals surface area contributed by atoms with Crippen molar-refractivity contribution >= 4 is 33.9 Å². The lowest BCUT2D eigenvalue weighted by Crippen LogP contribution is -2.29. The molecule has 0 saturated carbocycles. The second-order valence-electron chi connectivity index (χ2n) is 7.32. The van der Waals surface area contributed by atoms with Crippen LogP contribution in [0.2, 0.25) is 0 Å². The number of carbonyl (C=O) groups is 2. The molecule has 0 unspecified atom stereocenters.